The smallest absolute Gasteiger partial charge is 0.410 e. The number of nitrogens with zero attached hydrogens (tertiary/aromatic N) is 1. The molecule has 0 bridgehead atoms. The van der Waals surface area contributed by atoms with Crippen LogP contribution in [0.1, 0.15) is 59.3 Å². The molecule has 1 saturated carbocycles. The quantitative estimate of drug-likeness (QED) is 0.851. The molecule has 0 radical (unpaired) electrons. The zero-order valence-corrected chi connectivity index (χ0v) is 13.6. The Morgan fingerprint density at radius 2 is 1.57 bits per heavy atom. The third-order valence-electron chi connectivity index (χ3n) is 4.32. The summed E-state index contributed by atoms with van der Waals surface area (Å²) < 4.78 is 11.1. The van der Waals surface area contributed by atoms with Crippen molar-refractivity contribution in [2.45, 2.75) is 83.0 Å². The van der Waals surface area contributed by atoms with Crippen LogP contribution in [0.5, 0.6) is 0 Å². The summed E-state index contributed by atoms with van der Waals surface area (Å²) >= 11 is 0. The minimum Gasteiger partial charge on any atom is -0.444 e. The van der Waals surface area contributed by atoms with Gasteiger partial charge in [0.1, 0.15) is 5.60 Å². The molecule has 1 saturated heterocycles. The van der Waals surface area contributed by atoms with Gasteiger partial charge in [0.05, 0.1) is 0 Å². The van der Waals surface area contributed by atoms with Crippen molar-refractivity contribution < 1.29 is 14.3 Å². The number of amides is 1. The molecule has 5 nitrogen and oxygen atoms in total. The normalized spacial score (nSPS) is 28.2. The number of hydrogen-bond acceptors (Lipinski definition) is 4. The summed E-state index contributed by atoms with van der Waals surface area (Å²) in [5.74, 6) is 0. The lowest BCUT2D eigenvalue weighted by Crippen LogP contribution is -2.52. The van der Waals surface area contributed by atoms with Crippen molar-refractivity contribution in [3.05, 3.63) is 0 Å². The number of rotatable bonds is 2. The molecule has 2 fully saturated rings. The molecule has 2 N–H and O–H groups in total. The fraction of sp³-hybridized carbons (Fsp3) is 0.938. The zero-order chi connectivity index (χ0) is 15.5. The standard InChI is InChI=1S/C16H30N2O3/c1-16(2,3)21-15(19)18(14-8-10-20-11-9-14)13-6-4-12(17)5-7-13/h12-14H,4-11,17H2,1-3H3. The van der Waals surface area contributed by atoms with Gasteiger partial charge in [0, 0.05) is 31.3 Å². The van der Waals surface area contributed by atoms with E-state index in [-0.39, 0.29) is 24.2 Å². The van der Waals surface area contributed by atoms with Gasteiger partial charge in [-0.2, -0.15) is 0 Å². The minimum atomic E-state index is -0.453. The van der Waals surface area contributed by atoms with Gasteiger partial charge in [-0.25, -0.2) is 4.79 Å². The van der Waals surface area contributed by atoms with Crippen LogP contribution in [0, 0.1) is 0 Å². The van der Waals surface area contributed by atoms with Gasteiger partial charge in [-0.1, -0.05) is 0 Å². The second kappa shape index (κ2) is 6.97. The van der Waals surface area contributed by atoms with Gasteiger partial charge in [-0.05, 0) is 59.3 Å². The van der Waals surface area contributed by atoms with E-state index >= 15 is 0 Å². The second-order valence-electron chi connectivity index (χ2n) is 7.30. The van der Waals surface area contributed by atoms with Crippen molar-refractivity contribution in [2.75, 3.05) is 13.2 Å². The summed E-state index contributed by atoms with van der Waals surface area (Å²) in [7, 11) is 0. The van der Waals surface area contributed by atoms with E-state index in [1.54, 1.807) is 0 Å². The van der Waals surface area contributed by atoms with Crippen molar-refractivity contribution in [3.8, 4) is 0 Å². The molecule has 0 aromatic rings. The van der Waals surface area contributed by atoms with E-state index in [1.165, 1.54) is 0 Å². The Kier molecular flexibility index (Phi) is 5.49. The van der Waals surface area contributed by atoms with Gasteiger partial charge in [0.2, 0.25) is 0 Å². The van der Waals surface area contributed by atoms with E-state index < -0.39 is 5.60 Å². The largest absolute Gasteiger partial charge is 0.444 e. The van der Waals surface area contributed by atoms with Crippen LogP contribution in [0.25, 0.3) is 0 Å². The SMILES string of the molecule is CC(C)(C)OC(=O)N(C1CCOCC1)C1CCC(N)CC1. The van der Waals surface area contributed by atoms with Gasteiger partial charge in [0.25, 0.3) is 0 Å². The van der Waals surface area contributed by atoms with Crippen LogP contribution in [-0.4, -0.2) is 47.9 Å². The lowest BCUT2D eigenvalue weighted by molar-refractivity contribution is -0.0237. The Balaban J connectivity index is 2.07. The molecule has 122 valence electrons. The van der Waals surface area contributed by atoms with E-state index in [9.17, 15) is 4.79 Å². The second-order valence-corrected chi connectivity index (χ2v) is 7.30. The number of carbonyl (C=O) groups is 1. The molecule has 21 heavy (non-hydrogen) atoms. The Morgan fingerprint density at radius 1 is 1.05 bits per heavy atom. The predicted molar refractivity (Wildman–Crippen MR) is 82.1 cm³/mol. The highest BCUT2D eigenvalue weighted by Crippen LogP contribution is 2.28. The maximum atomic E-state index is 12.7. The van der Waals surface area contributed by atoms with Crippen molar-refractivity contribution in [3.63, 3.8) is 0 Å². The van der Waals surface area contributed by atoms with E-state index in [1.807, 2.05) is 25.7 Å². The summed E-state index contributed by atoms with van der Waals surface area (Å²) in [5.41, 5.74) is 5.55. The lowest BCUT2D eigenvalue weighted by Gasteiger charge is -2.42. The van der Waals surface area contributed by atoms with Crippen LogP contribution in [0.2, 0.25) is 0 Å². The van der Waals surface area contributed by atoms with Gasteiger partial charge < -0.3 is 20.1 Å². The van der Waals surface area contributed by atoms with E-state index in [0.717, 1.165) is 51.7 Å². The van der Waals surface area contributed by atoms with E-state index in [0.29, 0.717) is 0 Å². The fourth-order valence-corrected chi connectivity index (χ4v) is 3.25. The van der Waals surface area contributed by atoms with Crippen LogP contribution < -0.4 is 5.73 Å². The van der Waals surface area contributed by atoms with Crippen LogP contribution in [0.4, 0.5) is 4.79 Å². The first-order chi connectivity index (χ1) is 9.87. The van der Waals surface area contributed by atoms with Gasteiger partial charge in [-0.3, -0.25) is 0 Å². The Morgan fingerprint density at radius 3 is 2.10 bits per heavy atom. The summed E-state index contributed by atoms with van der Waals surface area (Å²) in [6, 6.07) is 0.798. The Bertz CT molecular complexity index is 340. The van der Waals surface area contributed by atoms with Gasteiger partial charge in [0.15, 0.2) is 0 Å². The van der Waals surface area contributed by atoms with Crippen LogP contribution in [0.3, 0.4) is 0 Å². The maximum absolute atomic E-state index is 12.7. The molecule has 2 aliphatic rings. The van der Waals surface area contributed by atoms with Gasteiger partial charge >= 0.3 is 6.09 Å². The van der Waals surface area contributed by atoms with E-state index in [4.69, 9.17) is 15.2 Å². The molecule has 1 aliphatic heterocycles. The number of nitrogens with two attached hydrogens (primary N) is 1. The van der Waals surface area contributed by atoms with Crippen LogP contribution >= 0.6 is 0 Å². The summed E-state index contributed by atoms with van der Waals surface area (Å²) in [4.78, 5) is 14.7. The first-order valence-corrected chi connectivity index (χ1v) is 8.21. The van der Waals surface area contributed by atoms with Gasteiger partial charge in [-0.15, -0.1) is 0 Å². The number of hydrogen-bond donors (Lipinski definition) is 1. The fourth-order valence-electron chi connectivity index (χ4n) is 3.25. The highest BCUT2D eigenvalue weighted by atomic mass is 16.6. The molecule has 0 aromatic heterocycles. The molecule has 0 atom stereocenters. The molecule has 0 aromatic carbocycles. The first kappa shape index (κ1) is 16.6. The van der Waals surface area contributed by atoms with Crippen molar-refractivity contribution in [2.24, 2.45) is 5.73 Å². The predicted octanol–water partition coefficient (Wildman–Crippen LogP) is 2.67. The maximum Gasteiger partial charge on any atom is 0.410 e. The highest BCUT2D eigenvalue weighted by molar-refractivity contribution is 5.69. The molecule has 5 heteroatoms. The number of carbonyl (C=O) groups excluding carboxylic acids is 1. The Hall–Kier alpha value is -0.810. The summed E-state index contributed by atoms with van der Waals surface area (Å²) in [5, 5.41) is 0. The topological polar surface area (TPSA) is 64.8 Å². The third kappa shape index (κ3) is 4.85. The van der Waals surface area contributed by atoms with Crippen molar-refractivity contribution in [1.82, 2.24) is 4.90 Å². The Labute approximate surface area is 128 Å². The van der Waals surface area contributed by atoms with E-state index in [2.05, 4.69) is 0 Å². The van der Waals surface area contributed by atoms with Crippen molar-refractivity contribution in [1.29, 1.82) is 0 Å². The molecular formula is C16H30N2O3. The summed E-state index contributed by atoms with van der Waals surface area (Å²) in [6.45, 7) is 7.23. The molecule has 1 aliphatic carbocycles. The average molecular weight is 298 g/mol. The highest BCUT2D eigenvalue weighted by Gasteiger charge is 2.36. The zero-order valence-electron chi connectivity index (χ0n) is 13.6. The van der Waals surface area contributed by atoms with Crippen LogP contribution in [0.15, 0.2) is 0 Å². The van der Waals surface area contributed by atoms with Crippen LogP contribution in [-0.2, 0) is 9.47 Å². The molecule has 0 unspecified atom stereocenters. The average Bonchev–Trinajstić information content (AvgIpc) is 2.40. The first-order valence-electron chi connectivity index (χ1n) is 8.21. The monoisotopic (exact) mass is 298 g/mol. The molecule has 0 spiro atoms. The minimum absolute atomic E-state index is 0.171. The third-order valence-corrected chi connectivity index (χ3v) is 4.32. The molecule has 1 amide bonds. The molecule has 1 heterocycles. The summed E-state index contributed by atoms with van der Waals surface area (Å²) in [6.07, 6.45) is 5.59. The molecular weight excluding hydrogens is 268 g/mol. The molecule has 2 rings (SSSR count). The number of ether oxygens (including phenoxy) is 2. The van der Waals surface area contributed by atoms with Crippen molar-refractivity contribution >= 4 is 6.09 Å². The lowest BCUT2D eigenvalue weighted by atomic mass is 9.89.